The van der Waals surface area contributed by atoms with Crippen molar-refractivity contribution in [3.05, 3.63) is 94.9 Å². The third-order valence-electron chi connectivity index (χ3n) is 4.72. The minimum Gasteiger partial charge on any atom is -0.466 e. The standard InChI is InChI=1S/C22H20ClN3O2/c1-16(18-9-11-19(23)12-10-18)24-26-21(27)15-25(14-17-6-3-2-4-7-17)22(26)20-8-5-13-28-20/h2-13,22H,14-15H2,1H3/b24-16-/t22-/m1/s1. The van der Waals surface area contributed by atoms with Crippen LogP contribution in [0.2, 0.25) is 5.02 Å². The van der Waals surface area contributed by atoms with Crippen molar-refractivity contribution in [2.45, 2.75) is 19.6 Å². The van der Waals surface area contributed by atoms with Crippen LogP contribution < -0.4 is 0 Å². The number of nitrogens with zero attached hydrogens (tertiary/aromatic N) is 3. The van der Waals surface area contributed by atoms with Gasteiger partial charge in [-0.2, -0.15) is 5.10 Å². The van der Waals surface area contributed by atoms with E-state index in [2.05, 4.69) is 22.1 Å². The van der Waals surface area contributed by atoms with Gasteiger partial charge in [0.25, 0.3) is 5.91 Å². The van der Waals surface area contributed by atoms with Crippen LogP contribution >= 0.6 is 11.6 Å². The third kappa shape index (κ3) is 3.86. The first-order chi connectivity index (χ1) is 13.6. The molecule has 1 aliphatic heterocycles. The van der Waals surface area contributed by atoms with Gasteiger partial charge in [0.2, 0.25) is 0 Å². The average molecular weight is 394 g/mol. The Morgan fingerprint density at radius 3 is 2.54 bits per heavy atom. The molecule has 1 saturated heterocycles. The summed E-state index contributed by atoms with van der Waals surface area (Å²) in [6.45, 7) is 2.79. The second-order valence-corrected chi connectivity index (χ2v) is 7.15. The molecular weight excluding hydrogens is 374 g/mol. The Balaban J connectivity index is 1.66. The smallest absolute Gasteiger partial charge is 0.258 e. The van der Waals surface area contributed by atoms with Gasteiger partial charge in [-0.25, -0.2) is 5.01 Å². The number of carbonyl (C=O) groups is 1. The van der Waals surface area contributed by atoms with E-state index in [1.54, 1.807) is 6.26 Å². The topological polar surface area (TPSA) is 49.1 Å². The van der Waals surface area contributed by atoms with Crippen molar-refractivity contribution in [1.29, 1.82) is 0 Å². The fraction of sp³-hybridized carbons (Fsp3) is 0.182. The number of furan rings is 1. The molecule has 142 valence electrons. The maximum absolute atomic E-state index is 12.8. The summed E-state index contributed by atoms with van der Waals surface area (Å²) in [5.74, 6) is 0.625. The molecule has 0 unspecified atom stereocenters. The summed E-state index contributed by atoms with van der Waals surface area (Å²) < 4.78 is 5.64. The van der Waals surface area contributed by atoms with Crippen molar-refractivity contribution in [2.24, 2.45) is 5.10 Å². The zero-order valence-electron chi connectivity index (χ0n) is 15.5. The lowest BCUT2D eigenvalue weighted by Crippen LogP contribution is -2.29. The van der Waals surface area contributed by atoms with E-state index in [4.69, 9.17) is 16.0 Å². The largest absolute Gasteiger partial charge is 0.466 e. The van der Waals surface area contributed by atoms with E-state index in [1.165, 1.54) is 5.01 Å². The highest BCUT2D eigenvalue weighted by molar-refractivity contribution is 6.30. The van der Waals surface area contributed by atoms with Crippen LogP contribution in [-0.2, 0) is 11.3 Å². The first-order valence-electron chi connectivity index (χ1n) is 9.06. The molecule has 0 aliphatic carbocycles. The molecule has 1 atom stereocenters. The van der Waals surface area contributed by atoms with Crippen LogP contribution in [-0.4, -0.2) is 28.1 Å². The van der Waals surface area contributed by atoms with Gasteiger partial charge in [0.15, 0.2) is 6.17 Å². The zero-order chi connectivity index (χ0) is 19.5. The zero-order valence-corrected chi connectivity index (χ0v) is 16.2. The molecule has 1 amide bonds. The minimum atomic E-state index is -0.384. The van der Waals surface area contributed by atoms with Gasteiger partial charge in [-0.05, 0) is 42.3 Å². The Morgan fingerprint density at radius 1 is 1.11 bits per heavy atom. The van der Waals surface area contributed by atoms with Gasteiger partial charge in [0, 0.05) is 11.6 Å². The Labute approximate surface area is 168 Å². The molecule has 28 heavy (non-hydrogen) atoms. The summed E-state index contributed by atoms with van der Waals surface area (Å²) in [4.78, 5) is 14.9. The van der Waals surface area contributed by atoms with E-state index in [-0.39, 0.29) is 18.6 Å². The van der Waals surface area contributed by atoms with Crippen molar-refractivity contribution in [1.82, 2.24) is 9.91 Å². The molecule has 1 fully saturated rings. The normalized spacial score (nSPS) is 18.1. The van der Waals surface area contributed by atoms with Gasteiger partial charge < -0.3 is 4.42 Å². The molecule has 0 bridgehead atoms. The van der Waals surface area contributed by atoms with Crippen molar-refractivity contribution in [3.63, 3.8) is 0 Å². The third-order valence-corrected chi connectivity index (χ3v) is 4.97. The van der Waals surface area contributed by atoms with Gasteiger partial charge in [0.05, 0.1) is 18.5 Å². The van der Waals surface area contributed by atoms with Crippen molar-refractivity contribution in [2.75, 3.05) is 6.54 Å². The molecule has 2 heterocycles. The molecule has 3 aromatic rings. The summed E-state index contributed by atoms with van der Waals surface area (Å²) in [5, 5.41) is 6.82. The van der Waals surface area contributed by atoms with Crippen LogP contribution in [0.5, 0.6) is 0 Å². The van der Waals surface area contributed by atoms with Gasteiger partial charge in [0.1, 0.15) is 5.76 Å². The van der Waals surface area contributed by atoms with Gasteiger partial charge >= 0.3 is 0 Å². The first-order valence-corrected chi connectivity index (χ1v) is 9.44. The molecule has 1 aliphatic rings. The summed E-state index contributed by atoms with van der Waals surface area (Å²) in [6, 6.07) is 21.2. The molecule has 0 saturated carbocycles. The first kappa shape index (κ1) is 18.5. The van der Waals surface area contributed by atoms with Crippen LogP contribution in [0, 0.1) is 0 Å². The predicted octanol–water partition coefficient (Wildman–Crippen LogP) is 4.70. The SMILES string of the molecule is C/C(=N/N1C(=O)CN(Cc2ccccc2)[C@H]1c1ccco1)c1ccc(Cl)cc1. The van der Waals surface area contributed by atoms with Crippen molar-refractivity contribution >= 4 is 23.2 Å². The molecule has 2 aromatic carbocycles. The summed E-state index contributed by atoms with van der Waals surface area (Å²) in [5.41, 5.74) is 2.78. The molecule has 0 spiro atoms. The molecule has 1 aromatic heterocycles. The number of hydrogen-bond donors (Lipinski definition) is 0. The van der Waals surface area contributed by atoms with Crippen molar-refractivity contribution in [3.8, 4) is 0 Å². The lowest BCUT2D eigenvalue weighted by molar-refractivity contribution is -0.128. The van der Waals surface area contributed by atoms with Crippen LogP contribution in [0.1, 0.15) is 30.0 Å². The minimum absolute atomic E-state index is 0.0642. The maximum Gasteiger partial charge on any atom is 0.258 e. The monoisotopic (exact) mass is 393 g/mol. The average Bonchev–Trinajstić information content (AvgIpc) is 3.32. The Kier molecular flexibility index (Phi) is 5.28. The highest BCUT2D eigenvalue weighted by Crippen LogP contribution is 2.33. The predicted molar refractivity (Wildman–Crippen MR) is 109 cm³/mol. The number of benzene rings is 2. The summed E-state index contributed by atoms with van der Waals surface area (Å²) in [7, 11) is 0. The van der Waals surface area contributed by atoms with E-state index in [0.717, 1.165) is 16.8 Å². The van der Waals surface area contributed by atoms with Crippen molar-refractivity contribution < 1.29 is 9.21 Å². The number of hydrogen-bond acceptors (Lipinski definition) is 4. The van der Waals surface area contributed by atoms with Crippen LogP contribution in [0.15, 0.2) is 82.5 Å². The van der Waals surface area contributed by atoms with Crippen LogP contribution in [0.4, 0.5) is 0 Å². The number of halogens is 1. The maximum atomic E-state index is 12.8. The van der Waals surface area contributed by atoms with E-state index in [1.807, 2.05) is 61.5 Å². The Morgan fingerprint density at radius 2 is 1.86 bits per heavy atom. The second-order valence-electron chi connectivity index (χ2n) is 6.71. The highest BCUT2D eigenvalue weighted by Gasteiger charge is 2.41. The number of hydrazone groups is 1. The lowest BCUT2D eigenvalue weighted by atomic mass is 10.1. The van der Waals surface area contributed by atoms with Gasteiger partial charge in [-0.15, -0.1) is 0 Å². The summed E-state index contributed by atoms with van der Waals surface area (Å²) >= 11 is 5.97. The summed E-state index contributed by atoms with van der Waals surface area (Å²) in [6.07, 6.45) is 1.23. The Hall–Kier alpha value is -2.89. The second kappa shape index (κ2) is 8.00. The Bertz CT molecular complexity index is 969. The van der Waals surface area contributed by atoms with E-state index in [0.29, 0.717) is 17.3 Å². The lowest BCUT2D eigenvalue weighted by Gasteiger charge is -2.25. The molecule has 6 heteroatoms. The molecule has 0 radical (unpaired) electrons. The molecular formula is C22H20ClN3O2. The van der Waals surface area contributed by atoms with Gasteiger partial charge in [-0.3, -0.25) is 9.69 Å². The van der Waals surface area contributed by atoms with E-state index < -0.39 is 0 Å². The number of carbonyl (C=O) groups excluding carboxylic acids is 1. The fourth-order valence-corrected chi connectivity index (χ4v) is 3.47. The molecule has 4 rings (SSSR count). The van der Waals surface area contributed by atoms with E-state index in [9.17, 15) is 4.79 Å². The molecule has 5 nitrogen and oxygen atoms in total. The fourth-order valence-electron chi connectivity index (χ4n) is 3.34. The van der Waals surface area contributed by atoms with Gasteiger partial charge in [-0.1, -0.05) is 54.1 Å². The van der Waals surface area contributed by atoms with E-state index >= 15 is 0 Å². The van der Waals surface area contributed by atoms with Crippen LogP contribution in [0.25, 0.3) is 0 Å². The number of rotatable bonds is 5. The quantitative estimate of drug-likeness (QED) is 0.590. The highest BCUT2D eigenvalue weighted by atomic mass is 35.5. The van der Waals surface area contributed by atoms with Crippen LogP contribution in [0.3, 0.4) is 0 Å². The molecule has 0 N–H and O–H groups in total. The number of amides is 1.